The first-order valence-electron chi connectivity index (χ1n) is 6.71. The molecule has 0 radical (unpaired) electrons. The predicted molar refractivity (Wildman–Crippen MR) is 75.5 cm³/mol. The molecule has 0 heterocycles. The first-order valence-corrected chi connectivity index (χ1v) is 6.71. The van der Waals surface area contributed by atoms with E-state index >= 15 is 0 Å². The Bertz CT molecular complexity index is 330. The molecule has 0 aliphatic carbocycles. The number of hydrogen-bond acceptors (Lipinski definition) is 3. The second kappa shape index (κ2) is 7.98. The molecule has 0 bridgehead atoms. The van der Waals surface area contributed by atoms with Gasteiger partial charge in [-0.1, -0.05) is 20.3 Å². The number of methoxy groups -OCH3 is 2. The van der Waals surface area contributed by atoms with Gasteiger partial charge in [0.2, 0.25) is 0 Å². The zero-order valence-electron chi connectivity index (χ0n) is 12.0. The van der Waals surface area contributed by atoms with Gasteiger partial charge >= 0.3 is 0 Å². The Morgan fingerprint density at radius 3 is 2.06 bits per heavy atom. The van der Waals surface area contributed by atoms with Crippen molar-refractivity contribution < 1.29 is 9.47 Å². The fraction of sp³-hybridized carbons (Fsp3) is 0.600. The molecule has 0 spiro atoms. The minimum absolute atomic E-state index is 0.374. The van der Waals surface area contributed by atoms with Crippen LogP contribution in [0.4, 0.5) is 0 Å². The van der Waals surface area contributed by atoms with Gasteiger partial charge in [0, 0.05) is 12.1 Å². The lowest BCUT2D eigenvalue weighted by atomic mass is 10.0. The van der Waals surface area contributed by atoms with Gasteiger partial charge in [-0.2, -0.15) is 0 Å². The second-order valence-electron chi connectivity index (χ2n) is 4.44. The molecule has 1 aromatic rings. The molecule has 1 rings (SSSR count). The van der Waals surface area contributed by atoms with Crippen molar-refractivity contribution in [3.63, 3.8) is 0 Å². The van der Waals surface area contributed by atoms with Crippen molar-refractivity contribution in [3.8, 4) is 11.5 Å². The van der Waals surface area contributed by atoms with Gasteiger partial charge in [0.1, 0.15) is 11.5 Å². The zero-order valence-corrected chi connectivity index (χ0v) is 12.0. The van der Waals surface area contributed by atoms with Gasteiger partial charge in [-0.05, 0) is 37.1 Å². The van der Waals surface area contributed by atoms with Crippen LogP contribution in [0.3, 0.4) is 0 Å². The van der Waals surface area contributed by atoms with Crippen LogP contribution in [0, 0.1) is 0 Å². The third-order valence-electron chi connectivity index (χ3n) is 2.99. The lowest BCUT2D eigenvalue weighted by molar-refractivity contribution is 0.390. The first-order chi connectivity index (χ1) is 8.74. The molecule has 102 valence electrons. The Morgan fingerprint density at radius 2 is 1.61 bits per heavy atom. The molecule has 0 saturated heterocycles. The van der Waals surface area contributed by atoms with E-state index in [4.69, 9.17) is 9.47 Å². The van der Waals surface area contributed by atoms with Crippen LogP contribution in [0.25, 0.3) is 0 Å². The molecule has 3 heteroatoms. The van der Waals surface area contributed by atoms with Crippen LogP contribution in [0.2, 0.25) is 0 Å². The van der Waals surface area contributed by atoms with E-state index in [0.29, 0.717) is 6.04 Å². The summed E-state index contributed by atoms with van der Waals surface area (Å²) >= 11 is 0. The van der Waals surface area contributed by atoms with Crippen LogP contribution >= 0.6 is 0 Å². The molecule has 0 amide bonds. The van der Waals surface area contributed by atoms with E-state index in [0.717, 1.165) is 37.3 Å². The fourth-order valence-corrected chi connectivity index (χ4v) is 2.02. The summed E-state index contributed by atoms with van der Waals surface area (Å²) in [7, 11) is 3.37. The maximum atomic E-state index is 5.32. The zero-order chi connectivity index (χ0) is 13.4. The van der Waals surface area contributed by atoms with Gasteiger partial charge in [-0.25, -0.2) is 0 Å². The van der Waals surface area contributed by atoms with Gasteiger partial charge in [0.25, 0.3) is 0 Å². The van der Waals surface area contributed by atoms with Crippen molar-refractivity contribution in [1.82, 2.24) is 5.32 Å². The summed E-state index contributed by atoms with van der Waals surface area (Å²) in [5.74, 6) is 1.70. The van der Waals surface area contributed by atoms with Crippen molar-refractivity contribution in [2.75, 3.05) is 20.8 Å². The first kappa shape index (κ1) is 14.8. The average Bonchev–Trinajstić information content (AvgIpc) is 2.42. The molecular weight excluding hydrogens is 226 g/mol. The van der Waals surface area contributed by atoms with Crippen molar-refractivity contribution in [2.24, 2.45) is 0 Å². The topological polar surface area (TPSA) is 30.5 Å². The summed E-state index contributed by atoms with van der Waals surface area (Å²) in [6, 6.07) is 6.46. The van der Waals surface area contributed by atoms with E-state index < -0.39 is 0 Å². The van der Waals surface area contributed by atoms with Crippen LogP contribution in [-0.4, -0.2) is 20.8 Å². The largest absolute Gasteiger partial charge is 0.497 e. The summed E-state index contributed by atoms with van der Waals surface area (Å²) < 4.78 is 10.6. The summed E-state index contributed by atoms with van der Waals surface area (Å²) in [6.45, 7) is 5.42. The molecule has 0 aliphatic heterocycles. The van der Waals surface area contributed by atoms with E-state index in [-0.39, 0.29) is 0 Å². The minimum Gasteiger partial charge on any atom is -0.497 e. The molecule has 0 aliphatic rings. The minimum atomic E-state index is 0.374. The van der Waals surface area contributed by atoms with Gasteiger partial charge in [0.15, 0.2) is 0 Å². The van der Waals surface area contributed by atoms with Crippen molar-refractivity contribution in [1.29, 1.82) is 0 Å². The van der Waals surface area contributed by atoms with E-state index in [9.17, 15) is 0 Å². The quantitative estimate of drug-likeness (QED) is 0.766. The number of hydrogen-bond donors (Lipinski definition) is 1. The van der Waals surface area contributed by atoms with E-state index in [2.05, 4.69) is 31.3 Å². The van der Waals surface area contributed by atoms with E-state index in [1.54, 1.807) is 14.2 Å². The normalized spacial score (nSPS) is 12.2. The second-order valence-corrected chi connectivity index (χ2v) is 4.44. The standard InChI is InChI=1S/C15H25NO2/c1-5-7-15(16-8-6-2)12-9-13(17-3)11-14(10-12)18-4/h9-11,15-16H,5-8H2,1-4H3. The van der Waals surface area contributed by atoms with Crippen LogP contribution in [0.5, 0.6) is 11.5 Å². The highest BCUT2D eigenvalue weighted by molar-refractivity contribution is 5.39. The number of ether oxygens (including phenoxy) is 2. The fourth-order valence-electron chi connectivity index (χ4n) is 2.02. The van der Waals surface area contributed by atoms with Crippen molar-refractivity contribution >= 4 is 0 Å². The Morgan fingerprint density at radius 1 is 1.00 bits per heavy atom. The van der Waals surface area contributed by atoms with Crippen molar-refractivity contribution in [2.45, 2.75) is 39.2 Å². The van der Waals surface area contributed by atoms with Crippen LogP contribution < -0.4 is 14.8 Å². The third kappa shape index (κ3) is 4.22. The van der Waals surface area contributed by atoms with Crippen LogP contribution in [-0.2, 0) is 0 Å². The summed E-state index contributed by atoms with van der Waals surface area (Å²) in [6.07, 6.45) is 3.42. The predicted octanol–water partition coefficient (Wildman–Crippen LogP) is 3.54. The highest BCUT2D eigenvalue weighted by atomic mass is 16.5. The molecule has 3 nitrogen and oxygen atoms in total. The highest BCUT2D eigenvalue weighted by Gasteiger charge is 2.12. The van der Waals surface area contributed by atoms with Gasteiger partial charge in [-0.3, -0.25) is 0 Å². The summed E-state index contributed by atoms with van der Waals surface area (Å²) in [4.78, 5) is 0. The van der Waals surface area contributed by atoms with E-state index in [1.165, 1.54) is 5.56 Å². The monoisotopic (exact) mass is 251 g/mol. The third-order valence-corrected chi connectivity index (χ3v) is 2.99. The molecule has 0 saturated carbocycles. The molecule has 1 N–H and O–H groups in total. The van der Waals surface area contributed by atoms with Crippen LogP contribution in [0.15, 0.2) is 18.2 Å². The molecule has 1 atom stereocenters. The molecular formula is C15H25NO2. The Balaban J connectivity index is 2.93. The van der Waals surface area contributed by atoms with Gasteiger partial charge < -0.3 is 14.8 Å². The molecule has 0 fully saturated rings. The lowest BCUT2D eigenvalue weighted by Gasteiger charge is -2.19. The lowest BCUT2D eigenvalue weighted by Crippen LogP contribution is -2.22. The summed E-state index contributed by atoms with van der Waals surface area (Å²) in [5, 5.41) is 3.58. The number of rotatable bonds is 8. The molecule has 0 aromatic heterocycles. The van der Waals surface area contributed by atoms with E-state index in [1.807, 2.05) is 6.07 Å². The highest BCUT2D eigenvalue weighted by Crippen LogP contribution is 2.28. The number of benzene rings is 1. The summed E-state index contributed by atoms with van der Waals surface area (Å²) in [5.41, 5.74) is 1.24. The van der Waals surface area contributed by atoms with Gasteiger partial charge in [0.05, 0.1) is 14.2 Å². The molecule has 1 aromatic carbocycles. The Kier molecular flexibility index (Phi) is 6.58. The molecule has 1 unspecified atom stereocenters. The number of nitrogens with one attached hydrogen (secondary N) is 1. The smallest absolute Gasteiger partial charge is 0.122 e. The average molecular weight is 251 g/mol. The van der Waals surface area contributed by atoms with Crippen molar-refractivity contribution in [3.05, 3.63) is 23.8 Å². The maximum Gasteiger partial charge on any atom is 0.122 e. The van der Waals surface area contributed by atoms with Crippen LogP contribution in [0.1, 0.15) is 44.7 Å². The maximum absolute atomic E-state index is 5.32. The Labute approximate surface area is 110 Å². The molecule has 18 heavy (non-hydrogen) atoms. The SMILES string of the molecule is CCCNC(CCC)c1cc(OC)cc(OC)c1. The van der Waals surface area contributed by atoms with Gasteiger partial charge in [-0.15, -0.1) is 0 Å². The Hall–Kier alpha value is -1.22.